The number of amides is 1. The fourth-order valence-electron chi connectivity index (χ4n) is 3.00. The Morgan fingerprint density at radius 1 is 1.35 bits per heavy atom. The number of alkyl halides is 2. The van der Waals surface area contributed by atoms with Crippen molar-refractivity contribution in [3.8, 4) is 0 Å². The average Bonchev–Trinajstić information content (AvgIpc) is 3.20. The number of rotatable bonds is 5. The Morgan fingerprint density at radius 3 is 2.78 bits per heavy atom. The number of hydrogen-bond donors (Lipinski definition) is 2. The molecule has 2 N–H and O–H groups in total. The largest absolute Gasteiger partial charge is 0.391 e. The number of fused-ring (bicyclic) bond motifs is 1. The molecule has 2 aromatic rings. The zero-order valence-electron chi connectivity index (χ0n) is 12.5. The third-order valence-corrected chi connectivity index (χ3v) is 4.30. The number of halogens is 2. The van der Waals surface area contributed by atoms with Crippen LogP contribution < -0.4 is 5.32 Å². The second kappa shape index (κ2) is 6.57. The fraction of sp³-hybridized carbons (Fsp3) is 0.533. The molecule has 0 bridgehead atoms. The Bertz CT molecular complexity index is 698. The maximum Gasteiger partial charge on any atom is 0.297 e. The van der Waals surface area contributed by atoms with E-state index in [0.29, 0.717) is 0 Å². The van der Waals surface area contributed by atoms with E-state index in [4.69, 9.17) is 0 Å². The number of aliphatic hydroxyl groups is 1. The van der Waals surface area contributed by atoms with E-state index in [0.717, 1.165) is 30.1 Å². The smallest absolute Gasteiger partial charge is 0.297 e. The van der Waals surface area contributed by atoms with Gasteiger partial charge in [-0.3, -0.25) is 9.20 Å². The summed E-state index contributed by atoms with van der Waals surface area (Å²) in [5.41, 5.74) is 0.473. The first-order valence-electron chi connectivity index (χ1n) is 7.65. The summed E-state index contributed by atoms with van der Waals surface area (Å²) < 4.78 is 26.8. The third-order valence-electron chi connectivity index (χ3n) is 4.30. The van der Waals surface area contributed by atoms with Gasteiger partial charge in [0.1, 0.15) is 0 Å². The van der Waals surface area contributed by atoms with Crippen molar-refractivity contribution in [2.24, 2.45) is 5.92 Å². The van der Waals surface area contributed by atoms with Crippen LogP contribution in [0.15, 0.2) is 18.3 Å². The van der Waals surface area contributed by atoms with Crippen LogP contribution in [-0.4, -0.2) is 38.3 Å². The lowest BCUT2D eigenvalue weighted by atomic mass is 10.0. The first-order chi connectivity index (χ1) is 11.1. The number of nitrogens with zero attached hydrogens (tertiary/aromatic N) is 3. The predicted molar refractivity (Wildman–Crippen MR) is 78.2 cm³/mol. The van der Waals surface area contributed by atoms with Crippen LogP contribution in [0.25, 0.3) is 5.65 Å². The van der Waals surface area contributed by atoms with E-state index in [9.17, 15) is 18.7 Å². The van der Waals surface area contributed by atoms with E-state index in [-0.39, 0.29) is 23.7 Å². The van der Waals surface area contributed by atoms with Crippen LogP contribution in [0, 0.1) is 5.92 Å². The van der Waals surface area contributed by atoms with Crippen molar-refractivity contribution in [2.75, 3.05) is 6.54 Å². The van der Waals surface area contributed by atoms with Crippen molar-refractivity contribution in [3.05, 3.63) is 29.7 Å². The zero-order chi connectivity index (χ0) is 16.4. The summed E-state index contributed by atoms with van der Waals surface area (Å²) in [5.74, 6) is -0.695. The molecule has 0 aliphatic heterocycles. The topological polar surface area (TPSA) is 79.5 Å². The standard InChI is InChI=1S/C15H18F2N4O2/c16-13(17)14-20-19-12-6-5-10(8-21(12)14)15(23)18-7-11(22)9-3-1-2-4-9/h5-6,8-9,11,13,22H,1-4,7H2,(H,18,23). The minimum Gasteiger partial charge on any atom is -0.391 e. The number of aromatic nitrogens is 3. The van der Waals surface area contributed by atoms with E-state index in [1.165, 1.54) is 18.3 Å². The Labute approximate surface area is 131 Å². The molecule has 1 atom stereocenters. The molecule has 2 aromatic heterocycles. The summed E-state index contributed by atoms with van der Waals surface area (Å²) >= 11 is 0. The van der Waals surface area contributed by atoms with E-state index >= 15 is 0 Å². The second-order valence-electron chi connectivity index (χ2n) is 5.83. The van der Waals surface area contributed by atoms with Gasteiger partial charge in [-0.2, -0.15) is 0 Å². The zero-order valence-corrected chi connectivity index (χ0v) is 12.5. The highest BCUT2D eigenvalue weighted by molar-refractivity contribution is 5.94. The first-order valence-corrected chi connectivity index (χ1v) is 7.65. The van der Waals surface area contributed by atoms with Gasteiger partial charge in [0, 0.05) is 12.7 Å². The number of nitrogens with one attached hydrogen (secondary N) is 1. The van der Waals surface area contributed by atoms with Gasteiger partial charge in [0.2, 0.25) is 5.82 Å². The average molecular weight is 324 g/mol. The molecular formula is C15H18F2N4O2. The molecule has 2 heterocycles. The second-order valence-corrected chi connectivity index (χ2v) is 5.83. The van der Waals surface area contributed by atoms with Gasteiger partial charge >= 0.3 is 0 Å². The summed E-state index contributed by atoms with van der Waals surface area (Å²) in [6, 6.07) is 2.96. The number of pyridine rings is 1. The lowest BCUT2D eigenvalue weighted by molar-refractivity contribution is 0.0840. The molecule has 1 unspecified atom stereocenters. The quantitative estimate of drug-likeness (QED) is 0.881. The highest BCUT2D eigenvalue weighted by Gasteiger charge is 2.23. The number of carbonyl (C=O) groups excluding carboxylic acids is 1. The van der Waals surface area contributed by atoms with Crippen LogP contribution in [0.3, 0.4) is 0 Å². The molecule has 1 fully saturated rings. The summed E-state index contributed by atoms with van der Waals surface area (Å²) in [6.45, 7) is 0.158. The molecule has 1 amide bonds. The molecule has 23 heavy (non-hydrogen) atoms. The van der Waals surface area contributed by atoms with Gasteiger partial charge in [-0.15, -0.1) is 10.2 Å². The van der Waals surface area contributed by atoms with E-state index in [1.807, 2.05) is 0 Å². The van der Waals surface area contributed by atoms with Gasteiger partial charge in [0.25, 0.3) is 12.3 Å². The van der Waals surface area contributed by atoms with Crippen LogP contribution >= 0.6 is 0 Å². The molecule has 1 saturated carbocycles. The van der Waals surface area contributed by atoms with Crippen LogP contribution in [0.1, 0.15) is 48.3 Å². The Hall–Kier alpha value is -2.09. The van der Waals surface area contributed by atoms with Gasteiger partial charge in [0.15, 0.2) is 5.65 Å². The lowest BCUT2D eigenvalue weighted by Gasteiger charge is -2.18. The molecule has 0 radical (unpaired) electrons. The van der Waals surface area contributed by atoms with Crippen molar-refractivity contribution in [1.29, 1.82) is 0 Å². The van der Waals surface area contributed by atoms with Crippen molar-refractivity contribution in [1.82, 2.24) is 19.9 Å². The minimum absolute atomic E-state index is 0.158. The van der Waals surface area contributed by atoms with Crippen molar-refractivity contribution in [3.63, 3.8) is 0 Å². The monoisotopic (exact) mass is 324 g/mol. The Kier molecular flexibility index (Phi) is 4.51. The molecule has 1 aliphatic rings. The minimum atomic E-state index is -2.77. The maximum absolute atomic E-state index is 12.8. The molecule has 1 aliphatic carbocycles. The van der Waals surface area contributed by atoms with Gasteiger partial charge in [-0.05, 0) is 30.9 Å². The summed E-state index contributed by atoms with van der Waals surface area (Å²) in [4.78, 5) is 12.1. The molecule has 6 nitrogen and oxygen atoms in total. The number of hydrogen-bond acceptors (Lipinski definition) is 4. The van der Waals surface area contributed by atoms with E-state index < -0.39 is 24.3 Å². The van der Waals surface area contributed by atoms with Gasteiger partial charge in [0.05, 0.1) is 11.7 Å². The van der Waals surface area contributed by atoms with Crippen LogP contribution in [0.2, 0.25) is 0 Å². The fourth-order valence-corrected chi connectivity index (χ4v) is 3.00. The normalized spacial score (nSPS) is 17.0. The van der Waals surface area contributed by atoms with Crippen LogP contribution in [0.4, 0.5) is 8.78 Å². The van der Waals surface area contributed by atoms with Crippen LogP contribution in [0.5, 0.6) is 0 Å². The molecule has 0 aromatic carbocycles. The Balaban J connectivity index is 1.69. The maximum atomic E-state index is 12.8. The van der Waals surface area contributed by atoms with Crippen molar-refractivity contribution < 1.29 is 18.7 Å². The molecule has 3 rings (SSSR count). The summed E-state index contributed by atoms with van der Waals surface area (Å²) in [6.07, 6.45) is 2.10. The molecular weight excluding hydrogens is 306 g/mol. The highest BCUT2D eigenvalue weighted by atomic mass is 19.3. The van der Waals surface area contributed by atoms with Gasteiger partial charge < -0.3 is 10.4 Å². The van der Waals surface area contributed by atoms with Gasteiger partial charge in [-0.1, -0.05) is 12.8 Å². The van der Waals surface area contributed by atoms with E-state index in [2.05, 4.69) is 15.5 Å². The summed E-state index contributed by atoms with van der Waals surface area (Å²) in [7, 11) is 0. The van der Waals surface area contributed by atoms with E-state index in [1.54, 1.807) is 0 Å². The number of aliphatic hydroxyl groups excluding tert-OH is 1. The number of carbonyl (C=O) groups is 1. The Morgan fingerprint density at radius 2 is 2.09 bits per heavy atom. The predicted octanol–water partition coefficient (Wildman–Crippen LogP) is 1.95. The SMILES string of the molecule is O=C(NCC(O)C1CCCC1)c1ccc2nnc(C(F)F)n2c1. The third kappa shape index (κ3) is 3.31. The summed E-state index contributed by atoms with van der Waals surface area (Å²) in [5, 5.41) is 19.8. The molecule has 8 heteroatoms. The molecule has 0 spiro atoms. The first kappa shape index (κ1) is 15.8. The molecule has 124 valence electrons. The molecule has 0 saturated heterocycles. The van der Waals surface area contributed by atoms with Crippen molar-refractivity contribution >= 4 is 11.6 Å². The van der Waals surface area contributed by atoms with Gasteiger partial charge in [-0.25, -0.2) is 8.78 Å². The highest BCUT2D eigenvalue weighted by Crippen LogP contribution is 2.27. The van der Waals surface area contributed by atoms with Crippen molar-refractivity contribution in [2.45, 2.75) is 38.2 Å². The van der Waals surface area contributed by atoms with Crippen LogP contribution in [-0.2, 0) is 0 Å². The lowest BCUT2D eigenvalue weighted by Crippen LogP contribution is -2.35.